The lowest BCUT2D eigenvalue weighted by atomic mass is 9.88. The smallest absolute Gasteiger partial charge is 0.343 e. The first-order valence-electron chi connectivity index (χ1n) is 5.75. The summed E-state index contributed by atoms with van der Waals surface area (Å²) >= 11 is 0. The lowest BCUT2D eigenvalue weighted by Crippen LogP contribution is -2.36. The highest BCUT2D eigenvalue weighted by atomic mass is 16.4. The predicted molar refractivity (Wildman–Crippen MR) is 66.2 cm³/mol. The van der Waals surface area contributed by atoms with E-state index in [1.54, 1.807) is 6.08 Å². The summed E-state index contributed by atoms with van der Waals surface area (Å²) in [4.78, 5) is 15.5. The van der Waals surface area contributed by atoms with Gasteiger partial charge in [-0.3, -0.25) is 4.99 Å². The summed E-state index contributed by atoms with van der Waals surface area (Å²) < 4.78 is 0. The van der Waals surface area contributed by atoms with E-state index >= 15 is 0 Å². The SMILES string of the molecule is C=C=C(/C=C1\C(C)N=C2CCNCC21)C(=O)O. The van der Waals surface area contributed by atoms with Gasteiger partial charge in [-0.15, -0.1) is 5.73 Å². The van der Waals surface area contributed by atoms with Crippen LogP contribution in [0.4, 0.5) is 0 Å². The van der Waals surface area contributed by atoms with E-state index in [9.17, 15) is 4.79 Å². The van der Waals surface area contributed by atoms with E-state index in [1.807, 2.05) is 6.92 Å². The maximum absolute atomic E-state index is 10.9. The Labute approximate surface area is 100 Å². The van der Waals surface area contributed by atoms with Gasteiger partial charge in [0.15, 0.2) is 0 Å². The zero-order valence-electron chi connectivity index (χ0n) is 9.86. The van der Waals surface area contributed by atoms with Crippen LogP contribution < -0.4 is 5.32 Å². The molecule has 1 fully saturated rings. The van der Waals surface area contributed by atoms with Crippen LogP contribution in [0.1, 0.15) is 13.3 Å². The molecule has 0 aromatic heterocycles. The highest BCUT2D eigenvalue weighted by molar-refractivity contribution is 5.95. The Kier molecular flexibility index (Phi) is 3.27. The normalized spacial score (nSPS) is 29.5. The van der Waals surface area contributed by atoms with E-state index in [4.69, 9.17) is 5.11 Å². The van der Waals surface area contributed by atoms with E-state index in [0.717, 1.165) is 25.1 Å². The molecule has 2 heterocycles. The number of hydrogen-bond acceptors (Lipinski definition) is 3. The highest BCUT2D eigenvalue weighted by Gasteiger charge is 2.32. The summed E-state index contributed by atoms with van der Waals surface area (Å²) in [6, 6.07) is 0.0672. The molecule has 0 aromatic carbocycles. The summed E-state index contributed by atoms with van der Waals surface area (Å²) in [7, 11) is 0. The molecule has 17 heavy (non-hydrogen) atoms. The van der Waals surface area contributed by atoms with Gasteiger partial charge in [-0.05, 0) is 25.0 Å². The molecule has 2 rings (SSSR count). The zero-order chi connectivity index (χ0) is 12.4. The molecular weight excluding hydrogens is 216 g/mol. The van der Waals surface area contributed by atoms with E-state index in [-0.39, 0.29) is 17.5 Å². The van der Waals surface area contributed by atoms with Gasteiger partial charge in [0, 0.05) is 24.7 Å². The van der Waals surface area contributed by atoms with Gasteiger partial charge in [-0.2, -0.15) is 0 Å². The average molecular weight is 232 g/mol. The Hall–Kier alpha value is -1.64. The number of piperidine rings is 1. The number of carbonyl (C=O) groups is 1. The van der Waals surface area contributed by atoms with Crippen molar-refractivity contribution in [3.8, 4) is 0 Å². The molecule has 2 N–H and O–H groups in total. The zero-order valence-corrected chi connectivity index (χ0v) is 9.86. The van der Waals surface area contributed by atoms with Crippen LogP contribution in [-0.2, 0) is 4.79 Å². The third-order valence-electron chi connectivity index (χ3n) is 3.28. The van der Waals surface area contributed by atoms with Crippen LogP contribution >= 0.6 is 0 Å². The summed E-state index contributed by atoms with van der Waals surface area (Å²) in [6.07, 6.45) is 2.63. The Balaban J connectivity index is 2.30. The van der Waals surface area contributed by atoms with Crippen LogP contribution in [0.15, 0.2) is 34.5 Å². The van der Waals surface area contributed by atoms with Gasteiger partial charge < -0.3 is 10.4 Å². The molecule has 2 aliphatic heterocycles. The molecule has 90 valence electrons. The number of nitrogens with one attached hydrogen (secondary N) is 1. The number of aliphatic imine (C=N–C) groups is 1. The van der Waals surface area contributed by atoms with Crippen molar-refractivity contribution < 1.29 is 9.90 Å². The molecule has 0 amide bonds. The van der Waals surface area contributed by atoms with Gasteiger partial charge in [0.2, 0.25) is 0 Å². The number of aliphatic carboxylic acids is 1. The summed E-state index contributed by atoms with van der Waals surface area (Å²) in [5, 5.41) is 12.3. The lowest BCUT2D eigenvalue weighted by molar-refractivity contribution is -0.132. The standard InChI is InChI=1S/C13H16N2O2/c1-3-9(13(16)17)6-10-8(2)15-12-4-5-14-7-11(10)12/h6,8,11,14H,1,4-5,7H2,2H3,(H,16,17)/b10-6+. The third kappa shape index (κ3) is 2.23. The van der Waals surface area contributed by atoms with Crippen LogP contribution in [0.5, 0.6) is 0 Å². The maximum atomic E-state index is 10.9. The van der Waals surface area contributed by atoms with Crippen LogP contribution in [0.3, 0.4) is 0 Å². The van der Waals surface area contributed by atoms with Crippen LogP contribution in [0.2, 0.25) is 0 Å². The number of rotatable bonds is 2. The first kappa shape index (κ1) is 11.8. The fourth-order valence-corrected chi connectivity index (χ4v) is 2.41. The largest absolute Gasteiger partial charge is 0.477 e. The molecule has 1 saturated heterocycles. The quantitative estimate of drug-likeness (QED) is 0.555. The molecule has 0 saturated carbocycles. The van der Waals surface area contributed by atoms with Crippen molar-refractivity contribution in [1.29, 1.82) is 0 Å². The molecule has 0 aromatic rings. The molecule has 2 atom stereocenters. The number of carboxylic acids is 1. The minimum Gasteiger partial charge on any atom is -0.477 e. The third-order valence-corrected chi connectivity index (χ3v) is 3.28. The first-order chi connectivity index (χ1) is 8.13. The van der Waals surface area contributed by atoms with Gasteiger partial charge >= 0.3 is 5.97 Å². The topological polar surface area (TPSA) is 61.7 Å². The van der Waals surface area contributed by atoms with E-state index in [1.165, 1.54) is 5.71 Å². The highest BCUT2D eigenvalue weighted by Crippen LogP contribution is 2.30. The molecule has 4 heteroatoms. The van der Waals surface area contributed by atoms with Crippen LogP contribution in [0, 0.1) is 5.92 Å². The predicted octanol–water partition coefficient (Wildman–Crippen LogP) is 1.16. The Morgan fingerprint density at radius 1 is 1.71 bits per heavy atom. The van der Waals surface area contributed by atoms with E-state index in [2.05, 4.69) is 22.6 Å². The molecule has 2 unspecified atom stereocenters. The molecule has 4 nitrogen and oxygen atoms in total. The second-order valence-corrected chi connectivity index (χ2v) is 4.34. The van der Waals surface area contributed by atoms with Gasteiger partial charge in [-0.25, -0.2) is 4.79 Å². The second kappa shape index (κ2) is 4.70. The van der Waals surface area contributed by atoms with Crippen molar-refractivity contribution in [2.45, 2.75) is 19.4 Å². The van der Waals surface area contributed by atoms with Crippen molar-refractivity contribution >= 4 is 11.7 Å². The number of hydrogen-bond donors (Lipinski definition) is 2. The molecule has 2 aliphatic rings. The van der Waals surface area contributed by atoms with Crippen LogP contribution in [-0.4, -0.2) is 35.9 Å². The minimum atomic E-state index is -0.989. The van der Waals surface area contributed by atoms with E-state index in [0.29, 0.717) is 0 Å². The number of carboxylic acid groups (broad SMARTS) is 1. The van der Waals surface area contributed by atoms with Crippen molar-refractivity contribution in [2.75, 3.05) is 13.1 Å². The summed E-state index contributed by atoms with van der Waals surface area (Å²) in [5.74, 6) is -0.738. The van der Waals surface area contributed by atoms with Gasteiger partial charge in [0.25, 0.3) is 0 Å². The summed E-state index contributed by atoms with van der Waals surface area (Å²) in [5.41, 5.74) is 4.83. The Morgan fingerprint density at radius 2 is 2.47 bits per heavy atom. The Bertz CT molecular complexity index is 456. The molecular formula is C13H16N2O2. The van der Waals surface area contributed by atoms with E-state index < -0.39 is 5.97 Å². The molecule has 0 radical (unpaired) electrons. The maximum Gasteiger partial charge on any atom is 0.343 e. The minimum absolute atomic E-state index is 0.0672. The Morgan fingerprint density at radius 3 is 3.12 bits per heavy atom. The fourth-order valence-electron chi connectivity index (χ4n) is 2.41. The van der Waals surface area contributed by atoms with Crippen molar-refractivity contribution in [1.82, 2.24) is 5.32 Å². The van der Waals surface area contributed by atoms with Crippen LogP contribution in [0.25, 0.3) is 0 Å². The first-order valence-corrected chi connectivity index (χ1v) is 5.75. The van der Waals surface area contributed by atoms with Crippen molar-refractivity contribution in [3.05, 3.63) is 29.5 Å². The summed E-state index contributed by atoms with van der Waals surface area (Å²) in [6.45, 7) is 7.22. The van der Waals surface area contributed by atoms with Gasteiger partial charge in [0.1, 0.15) is 5.57 Å². The lowest BCUT2D eigenvalue weighted by Gasteiger charge is -2.22. The van der Waals surface area contributed by atoms with Crippen molar-refractivity contribution in [3.63, 3.8) is 0 Å². The monoisotopic (exact) mass is 232 g/mol. The average Bonchev–Trinajstić information content (AvgIpc) is 2.61. The number of fused-ring (bicyclic) bond motifs is 1. The fraction of sp³-hybridized carbons (Fsp3) is 0.462. The second-order valence-electron chi connectivity index (χ2n) is 4.34. The van der Waals surface area contributed by atoms with Gasteiger partial charge in [-0.1, -0.05) is 6.58 Å². The number of nitrogens with zero attached hydrogens (tertiary/aromatic N) is 1. The molecule has 0 bridgehead atoms. The van der Waals surface area contributed by atoms with Gasteiger partial charge in [0.05, 0.1) is 6.04 Å². The molecule has 0 aliphatic carbocycles. The molecule has 0 spiro atoms. The van der Waals surface area contributed by atoms with Crippen molar-refractivity contribution in [2.24, 2.45) is 10.9 Å².